The molecule has 6 heteroatoms. The predicted molar refractivity (Wildman–Crippen MR) is 111 cm³/mol. The number of piperidine rings is 1. The molecule has 1 amide bonds. The third-order valence-electron chi connectivity index (χ3n) is 5.61. The number of para-hydroxylation sites is 1. The number of aryl methyl sites for hydroxylation is 1. The minimum absolute atomic E-state index is 0.0493. The number of benzene rings is 2. The van der Waals surface area contributed by atoms with Crippen molar-refractivity contribution in [2.45, 2.75) is 25.7 Å². The molecule has 0 bridgehead atoms. The van der Waals surface area contributed by atoms with Crippen LogP contribution in [0.2, 0.25) is 0 Å². The molecule has 6 nitrogen and oxygen atoms in total. The van der Waals surface area contributed by atoms with E-state index in [9.17, 15) is 4.79 Å². The van der Waals surface area contributed by atoms with Crippen LogP contribution in [0, 0.1) is 6.92 Å². The second-order valence-electron chi connectivity index (χ2n) is 7.66. The van der Waals surface area contributed by atoms with Crippen LogP contribution in [0.15, 0.2) is 59.1 Å². The fourth-order valence-electron chi connectivity index (χ4n) is 4.00. The molecule has 2 aromatic heterocycles. The summed E-state index contributed by atoms with van der Waals surface area (Å²) >= 11 is 0. The van der Waals surface area contributed by atoms with Crippen molar-refractivity contribution < 1.29 is 9.32 Å². The van der Waals surface area contributed by atoms with Crippen molar-refractivity contribution in [3.63, 3.8) is 0 Å². The average Bonchev–Trinajstić information content (AvgIpc) is 3.41. The van der Waals surface area contributed by atoms with Gasteiger partial charge < -0.3 is 14.4 Å². The molecular formula is C23H22N4O2. The number of rotatable bonds is 3. The zero-order valence-electron chi connectivity index (χ0n) is 16.3. The van der Waals surface area contributed by atoms with Gasteiger partial charge >= 0.3 is 0 Å². The molecule has 1 fully saturated rings. The quantitative estimate of drug-likeness (QED) is 0.561. The summed E-state index contributed by atoms with van der Waals surface area (Å²) in [5, 5.41) is 5.26. The molecule has 0 saturated carbocycles. The van der Waals surface area contributed by atoms with Gasteiger partial charge in [0.25, 0.3) is 11.8 Å². The van der Waals surface area contributed by atoms with Gasteiger partial charge in [-0.3, -0.25) is 4.79 Å². The number of hydrogen-bond donors (Lipinski definition) is 1. The molecule has 146 valence electrons. The van der Waals surface area contributed by atoms with E-state index in [0.29, 0.717) is 24.7 Å². The number of amides is 1. The zero-order valence-corrected chi connectivity index (χ0v) is 16.3. The van der Waals surface area contributed by atoms with E-state index in [2.05, 4.69) is 15.1 Å². The number of fused-ring (bicyclic) bond motifs is 1. The highest BCUT2D eigenvalue weighted by Crippen LogP contribution is 2.29. The van der Waals surface area contributed by atoms with E-state index >= 15 is 0 Å². The number of carbonyl (C=O) groups excluding carboxylic acids is 1. The Balaban J connectivity index is 1.26. The van der Waals surface area contributed by atoms with Crippen molar-refractivity contribution >= 4 is 16.8 Å². The molecule has 29 heavy (non-hydrogen) atoms. The number of nitrogens with one attached hydrogen (secondary N) is 1. The minimum Gasteiger partial charge on any atom is -0.351 e. The highest BCUT2D eigenvalue weighted by atomic mass is 16.5. The summed E-state index contributed by atoms with van der Waals surface area (Å²) in [6.07, 6.45) is 1.66. The van der Waals surface area contributed by atoms with E-state index in [4.69, 9.17) is 4.52 Å². The number of likely N-dealkylation sites (tertiary alicyclic amines) is 1. The summed E-state index contributed by atoms with van der Waals surface area (Å²) in [5.41, 5.74) is 3.73. The lowest BCUT2D eigenvalue weighted by Crippen LogP contribution is -2.38. The van der Waals surface area contributed by atoms with Gasteiger partial charge in [0.15, 0.2) is 5.82 Å². The van der Waals surface area contributed by atoms with Crippen LogP contribution in [0.25, 0.3) is 22.4 Å². The largest absolute Gasteiger partial charge is 0.351 e. The fraction of sp³-hybridized carbons (Fsp3) is 0.261. The molecular weight excluding hydrogens is 364 g/mol. The first-order valence-electron chi connectivity index (χ1n) is 9.95. The molecule has 1 N–H and O–H groups in total. The first kappa shape index (κ1) is 17.7. The zero-order chi connectivity index (χ0) is 19.8. The summed E-state index contributed by atoms with van der Waals surface area (Å²) in [7, 11) is 0. The molecule has 0 aliphatic carbocycles. The summed E-state index contributed by atoms with van der Waals surface area (Å²) in [6, 6.07) is 17.9. The predicted octanol–water partition coefficient (Wildman–Crippen LogP) is 4.55. The van der Waals surface area contributed by atoms with Gasteiger partial charge in [-0.2, -0.15) is 4.98 Å². The van der Waals surface area contributed by atoms with Crippen molar-refractivity contribution in [3.05, 3.63) is 71.7 Å². The number of aromatic amines is 1. The lowest BCUT2D eigenvalue weighted by molar-refractivity contribution is 0.0705. The minimum atomic E-state index is 0.0493. The number of hydrogen-bond acceptors (Lipinski definition) is 4. The Morgan fingerprint density at radius 3 is 2.72 bits per heavy atom. The van der Waals surface area contributed by atoms with E-state index in [0.717, 1.165) is 40.7 Å². The average molecular weight is 386 g/mol. The van der Waals surface area contributed by atoms with Gasteiger partial charge in [-0.1, -0.05) is 41.1 Å². The van der Waals surface area contributed by atoms with Gasteiger partial charge in [0.05, 0.1) is 0 Å². The van der Waals surface area contributed by atoms with Crippen LogP contribution in [0.4, 0.5) is 0 Å². The lowest BCUT2D eigenvalue weighted by Gasteiger charge is -2.30. The molecule has 1 aliphatic heterocycles. The van der Waals surface area contributed by atoms with Crippen molar-refractivity contribution in [2.75, 3.05) is 13.1 Å². The Hall–Kier alpha value is -3.41. The van der Waals surface area contributed by atoms with Gasteiger partial charge in [-0.15, -0.1) is 0 Å². The number of carbonyl (C=O) groups is 1. The van der Waals surface area contributed by atoms with E-state index in [-0.39, 0.29) is 11.8 Å². The van der Waals surface area contributed by atoms with Crippen LogP contribution < -0.4 is 0 Å². The van der Waals surface area contributed by atoms with Crippen LogP contribution in [0.1, 0.15) is 40.6 Å². The Bertz CT molecular complexity index is 1140. The summed E-state index contributed by atoms with van der Waals surface area (Å²) < 4.78 is 5.49. The van der Waals surface area contributed by atoms with Crippen LogP contribution >= 0.6 is 0 Å². The number of nitrogens with zero attached hydrogens (tertiary/aromatic N) is 3. The summed E-state index contributed by atoms with van der Waals surface area (Å²) in [4.78, 5) is 22.6. The van der Waals surface area contributed by atoms with Crippen molar-refractivity contribution in [1.82, 2.24) is 20.0 Å². The van der Waals surface area contributed by atoms with Gasteiger partial charge in [0.1, 0.15) is 5.69 Å². The van der Waals surface area contributed by atoms with Crippen molar-refractivity contribution in [1.29, 1.82) is 0 Å². The maximum Gasteiger partial charge on any atom is 0.270 e. The first-order chi connectivity index (χ1) is 14.2. The third-order valence-corrected chi connectivity index (χ3v) is 5.61. The third kappa shape index (κ3) is 3.42. The monoisotopic (exact) mass is 386 g/mol. The maximum absolute atomic E-state index is 12.9. The normalized spacial score (nSPS) is 15.1. The Morgan fingerprint density at radius 1 is 1.10 bits per heavy atom. The van der Waals surface area contributed by atoms with Gasteiger partial charge in [0.2, 0.25) is 0 Å². The smallest absolute Gasteiger partial charge is 0.270 e. The van der Waals surface area contributed by atoms with Gasteiger partial charge in [-0.25, -0.2) is 0 Å². The van der Waals surface area contributed by atoms with Gasteiger partial charge in [-0.05, 0) is 44.0 Å². The Kier molecular flexibility index (Phi) is 4.39. The molecule has 0 unspecified atom stereocenters. The SMILES string of the molecule is Cc1cccc(-c2nc(C3CCN(C(=O)c4cc5ccccc5[nH]4)CC3)no2)c1. The Labute approximate surface area is 168 Å². The first-order valence-corrected chi connectivity index (χ1v) is 9.95. The molecule has 0 radical (unpaired) electrons. The van der Waals surface area contributed by atoms with E-state index in [1.54, 1.807) is 0 Å². The van der Waals surface area contributed by atoms with Crippen LogP contribution in [0.5, 0.6) is 0 Å². The van der Waals surface area contributed by atoms with Crippen LogP contribution in [-0.2, 0) is 0 Å². The molecule has 4 aromatic rings. The van der Waals surface area contributed by atoms with Gasteiger partial charge in [0, 0.05) is 35.5 Å². The molecule has 1 saturated heterocycles. The van der Waals surface area contributed by atoms with Crippen LogP contribution in [-0.4, -0.2) is 39.0 Å². The molecule has 2 aromatic carbocycles. The van der Waals surface area contributed by atoms with E-state index in [1.807, 2.05) is 66.4 Å². The summed E-state index contributed by atoms with van der Waals surface area (Å²) in [6.45, 7) is 3.42. The second-order valence-corrected chi connectivity index (χ2v) is 7.66. The molecule has 0 spiro atoms. The van der Waals surface area contributed by atoms with E-state index < -0.39 is 0 Å². The molecule has 1 aliphatic rings. The standard InChI is InChI=1S/C23H22N4O2/c1-15-5-4-7-18(13-15)22-25-21(26-29-22)16-9-11-27(12-10-16)23(28)20-14-17-6-2-3-8-19(17)24-20/h2-8,13-14,16,24H,9-12H2,1H3. The van der Waals surface area contributed by atoms with Crippen LogP contribution in [0.3, 0.4) is 0 Å². The lowest BCUT2D eigenvalue weighted by atomic mass is 9.96. The molecule has 0 atom stereocenters. The highest BCUT2D eigenvalue weighted by Gasteiger charge is 2.28. The fourth-order valence-corrected chi connectivity index (χ4v) is 4.00. The molecule has 5 rings (SSSR count). The Morgan fingerprint density at radius 2 is 1.93 bits per heavy atom. The summed E-state index contributed by atoms with van der Waals surface area (Å²) in [5.74, 6) is 1.55. The van der Waals surface area contributed by atoms with Crippen molar-refractivity contribution in [3.8, 4) is 11.5 Å². The highest BCUT2D eigenvalue weighted by molar-refractivity contribution is 5.98. The van der Waals surface area contributed by atoms with E-state index in [1.165, 1.54) is 0 Å². The maximum atomic E-state index is 12.9. The molecule has 3 heterocycles. The topological polar surface area (TPSA) is 75.0 Å². The number of H-pyrrole nitrogens is 1. The second kappa shape index (κ2) is 7.20. The number of aromatic nitrogens is 3. The van der Waals surface area contributed by atoms with Crippen molar-refractivity contribution in [2.24, 2.45) is 0 Å².